The summed E-state index contributed by atoms with van der Waals surface area (Å²) < 4.78 is 5.10. The van der Waals surface area contributed by atoms with Crippen LogP contribution in [0.3, 0.4) is 0 Å². The molecule has 0 bridgehead atoms. The van der Waals surface area contributed by atoms with Crippen molar-refractivity contribution in [2.75, 3.05) is 13.7 Å². The van der Waals surface area contributed by atoms with Crippen molar-refractivity contribution in [2.45, 2.75) is 6.42 Å². The molecule has 1 aromatic carbocycles. The average Bonchev–Trinajstić information content (AvgIpc) is 2.19. The Kier molecular flexibility index (Phi) is 4.06. The summed E-state index contributed by atoms with van der Waals surface area (Å²) in [5.74, 6) is 0.884. The Bertz CT molecular complexity index is 281. The molecule has 0 aliphatic rings. The number of hydrogen-bond acceptors (Lipinski definition) is 2. The summed E-state index contributed by atoms with van der Waals surface area (Å²) in [6.45, 7) is 0.695. The fourth-order valence-corrected chi connectivity index (χ4v) is 1.06. The SMILES string of the molecule is COc1cccc(C=CCCN)c1. The molecule has 2 heteroatoms. The van der Waals surface area contributed by atoms with Gasteiger partial charge in [-0.15, -0.1) is 0 Å². The third-order valence-corrected chi connectivity index (χ3v) is 1.74. The molecule has 0 aliphatic carbocycles. The summed E-state index contributed by atoms with van der Waals surface area (Å²) in [6.07, 6.45) is 5.03. The van der Waals surface area contributed by atoms with Gasteiger partial charge in [-0.2, -0.15) is 0 Å². The molecular weight excluding hydrogens is 162 g/mol. The lowest BCUT2D eigenvalue weighted by atomic mass is 10.2. The van der Waals surface area contributed by atoms with Gasteiger partial charge in [0, 0.05) is 0 Å². The third kappa shape index (κ3) is 3.30. The van der Waals surface area contributed by atoms with Crippen LogP contribution in [0.15, 0.2) is 30.3 Å². The van der Waals surface area contributed by atoms with Crippen molar-refractivity contribution in [1.82, 2.24) is 0 Å². The van der Waals surface area contributed by atoms with E-state index in [4.69, 9.17) is 10.5 Å². The minimum atomic E-state index is 0.695. The number of benzene rings is 1. The molecule has 0 atom stereocenters. The van der Waals surface area contributed by atoms with Crippen LogP contribution in [-0.4, -0.2) is 13.7 Å². The molecule has 0 aliphatic heterocycles. The summed E-state index contributed by atoms with van der Waals surface area (Å²) in [4.78, 5) is 0. The van der Waals surface area contributed by atoms with Crippen LogP contribution in [0.5, 0.6) is 5.75 Å². The minimum absolute atomic E-state index is 0.695. The van der Waals surface area contributed by atoms with Crippen LogP contribution >= 0.6 is 0 Å². The summed E-state index contributed by atoms with van der Waals surface area (Å²) >= 11 is 0. The lowest BCUT2D eigenvalue weighted by Crippen LogP contribution is -1.94. The molecule has 0 amide bonds. The zero-order valence-electron chi connectivity index (χ0n) is 7.86. The fourth-order valence-electron chi connectivity index (χ4n) is 1.06. The first-order valence-corrected chi connectivity index (χ1v) is 4.37. The summed E-state index contributed by atoms with van der Waals surface area (Å²) in [5, 5.41) is 0. The van der Waals surface area contributed by atoms with Crippen LogP contribution in [0, 0.1) is 0 Å². The summed E-state index contributed by atoms with van der Waals surface area (Å²) in [5.41, 5.74) is 6.52. The van der Waals surface area contributed by atoms with E-state index in [9.17, 15) is 0 Å². The maximum atomic E-state index is 5.37. The highest BCUT2D eigenvalue weighted by atomic mass is 16.5. The summed E-state index contributed by atoms with van der Waals surface area (Å²) in [7, 11) is 1.67. The zero-order chi connectivity index (χ0) is 9.52. The zero-order valence-corrected chi connectivity index (χ0v) is 7.86. The fraction of sp³-hybridized carbons (Fsp3) is 0.273. The van der Waals surface area contributed by atoms with Gasteiger partial charge in [0.15, 0.2) is 0 Å². The molecule has 0 heterocycles. The molecule has 2 N–H and O–H groups in total. The van der Waals surface area contributed by atoms with E-state index in [0.717, 1.165) is 17.7 Å². The van der Waals surface area contributed by atoms with E-state index >= 15 is 0 Å². The van der Waals surface area contributed by atoms with Gasteiger partial charge in [0.25, 0.3) is 0 Å². The molecule has 13 heavy (non-hydrogen) atoms. The highest BCUT2D eigenvalue weighted by Crippen LogP contribution is 2.13. The van der Waals surface area contributed by atoms with Crippen LogP contribution in [0.25, 0.3) is 6.08 Å². The lowest BCUT2D eigenvalue weighted by molar-refractivity contribution is 0.414. The van der Waals surface area contributed by atoms with Gasteiger partial charge in [-0.3, -0.25) is 0 Å². The molecule has 70 valence electrons. The molecule has 0 saturated carbocycles. The van der Waals surface area contributed by atoms with Crippen LogP contribution < -0.4 is 10.5 Å². The van der Waals surface area contributed by atoms with Gasteiger partial charge in [0.05, 0.1) is 7.11 Å². The van der Waals surface area contributed by atoms with Gasteiger partial charge in [-0.25, -0.2) is 0 Å². The Morgan fingerprint density at radius 3 is 3.00 bits per heavy atom. The largest absolute Gasteiger partial charge is 0.497 e. The van der Waals surface area contributed by atoms with E-state index in [-0.39, 0.29) is 0 Å². The van der Waals surface area contributed by atoms with E-state index in [0.29, 0.717) is 6.54 Å². The van der Waals surface area contributed by atoms with Crippen LogP contribution in [0.4, 0.5) is 0 Å². The smallest absolute Gasteiger partial charge is 0.119 e. The maximum Gasteiger partial charge on any atom is 0.119 e. The standard InChI is InChI=1S/C11H15NO/c1-13-11-7-4-6-10(9-11)5-2-3-8-12/h2,4-7,9H,3,8,12H2,1H3. The van der Waals surface area contributed by atoms with E-state index in [1.807, 2.05) is 24.3 Å². The highest BCUT2D eigenvalue weighted by molar-refractivity contribution is 5.51. The number of rotatable bonds is 4. The van der Waals surface area contributed by atoms with E-state index in [1.165, 1.54) is 0 Å². The molecule has 0 aromatic heterocycles. The number of methoxy groups -OCH3 is 1. The van der Waals surface area contributed by atoms with Crippen LogP contribution in [-0.2, 0) is 0 Å². The average molecular weight is 177 g/mol. The van der Waals surface area contributed by atoms with Crippen molar-refractivity contribution in [3.8, 4) is 5.75 Å². The number of hydrogen-bond donors (Lipinski definition) is 1. The van der Waals surface area contributed by atoms with E-state index in [1.54, 1.807) is 7.11 Å². The summed E-state index contributed by atoms with van der Waals surface area (Å²) in [6, 6.07) is 7.93. The third-order valence-electron chi connectivity index (χ3n) is 1.74. The molecular formula is C11H15NO. The van der Waals surface area contributed by atoms with Crippen molar-refractivity contribution < 1.29 is 4.74 Å². The monoisotopic (exact) mass is 177 g/mol. The number of ether oxygens (including phenoxy) is 1. The van der Waals surface area contributed by atoms with Crippen molar-refractivity contribution >= 4 is 6.08 Å². The normalized spacial score (nSPS) is 10.6. The Balaban J connectivity index is 2.66. The first kappa shape index (κ1) is 9.81. The molecule has 0 saturated heterocycles. The first-order chi connectivity index (χ1) is 6.36. The molecule has 0 radical (unpaired) electrons. The van der Waals surface area contributed by atoms with Crippen LogP contribution in [0.1, 0.15) is 12.0 Å². The van der Waals surface area contributed by atoms with Gasteiger partial charge >= 0.3 is 0 Å². The van der Waals surface area contributed by atoms with Crippen molar-refractivity contribution in [2.24, 2.45) is 5.73 Å². The Morgan fingerprint density at radius 1 is 1.46 bits per heavy atom. The molecule has 1 rings (SSSR count). The van der Waals surface area contributed by atoms with Gasteiger partial charge in [-0.1, -0.05) is 24.3 Å². The van der Waals surface area contributed by atoms with Gasteiger partial charge < -0.3 is 10.5 Å². The van der Waals surface area contributed by atoms with E-state index in [2.05, 4.69) is 12.2 Å². The second-order valence-corrected chi connectivity index (χ2v) is 2.76. The predicted molar refractivity (Wildman–Crippen MR) is 55.7 cm³/mol. The van der Waals surface area contributed by atoms with Crippen molar-refractivity contribution in [3.63, 3.8) is 0 Å². The van der Waals surface area contributed by atoms with Gasteiger partial charge in [0.1, 0.15) is 5.75 Å². The molecule has 0 unspecified atom stereocenters. The van der Waals surface area contributed by atoms with Gasteiger partial charge in [-0.05, 0) is 30.7 Å². The predicted octanol–water partition coefficient (Wildman–Crippen LogP) is 2.06. The molecule has 0 fully saturated rings. The molecule has 0 spiro atoms. The molecule has 2 nitrogen and oxygen atoms in total. The minimum Gasteiger partial charge on any atom is -0.497 e. The lowest BCUT2D eigenvalue weighted by Gasteiger charge is -1.99. The van der Waals surface area contributed by atoms with E-state index < -0.39 is 0 Å². The quantitative estimate of drug-likeness (QED) is 0.764. The van der Waals surface area contributed by atoms with Crippen LogP contribution in [0.2, 0.25) is 0 Å². The first-order valence-electron chi connectivity index (χ1n) is 4.37. The Morgan fingerprint density at radius 2 is 2.31 bits per heavy atom. The second kappa shape index (κ2) is 5.38. The number of nitrogens with two attached hydrogens (primary N) is 1. The topological polar surface area (TPSA) is 35.2 Å². The maximum absolute atomic E-state index is 5.37. The second-order valence-electron chi connectivity index (χ2n) is 2.76. The van der Waals surface area contributed by atoms with Crippen molar-refractivity contribution in [3.05, 3.63) is 35.9 Å². The van der Waals surface area contributed by atoms with Crippen molar-refractivity contribution in [1.29, 1.82) is 0 Å². The molecule has 1 aromatic rings. The Hall–Kier alpha value is -1.28. The Labute approximate surface area is 79.0 Å². The highest BCUT2D eigenvalue weighted by Gasteiger charge is 1.90. The van der Waals surface area contributed by atoms with Gasteiger partial charge in [0.2, 0.25) is 0 Å².